The van der Waals surface area contributed by atoms with E-state index in [4.69, 9.17) is 4.74 Å². The average molecular weight is 300 g/mol. The van der Waals surface area contributed by atoms with Crippen LogP contribution in [-0.4, -0.2) is 21.5 Å². The van der Waals surface area contributed by atoms with Crippen LogP contribution in [0.25, 0.3) is 10.2 Å². The number of nitrogens with one attached hydrogen (secondary N) is 1. The number of rotatable bonds is 5. The lowest BCUT2D eigenvalue weighted by Gasteiger charge is -2.07. The predicted octanol–water partition coefficient (Wildman–Crippen LogP) is 3.87. The van der Waals surface area contributed by atoms with Crippen LogP contribution < -0.4 is 10.1 Å². The van der Waals surface area contributed by atoms with Crippen LogP contribution in [0, 0.1) is 0 Å². The maximum absolute atomic E-state index is 5.89. The van der Waals surface area contributed by atoms with Gasteiger partial charge in [0.1, 0.15) is 10.6 Å². The number of hydrogen-bond acceptors (Lipinski definition) is 6. The van der Waals surface area contributed by atoms with Crippen LogP contribution >= 0.6 is 11.3 Å². The summed E-state index contributed by atoms with van der Waals surface area (Å²) in [5.74, 6) is 1.83. The van der Waals surface area contributed by atoms with Crippen molar-refractivity contribution in [3.63, 3.8) is 0 Å². The molecule has 6 heteroatoms. The highest BCUT2D eigenvalue weighted by Crippen LogP contribution is 2.33. The van der Waals surface area contributed by atoms with E-state index in [0.717, 1.165) is 23.2 Å². The predicted molar refractivity (Wildman–Crippen MR) is 85.3 cm³/mol. The number of aromatic nitrogens is 3. The monoisotopic (exact) mass is 300 g/mol. The smallest absolute Gasteiger partial charge is 0.232 e. The molecule has 0 fully saturated rings. The number of anilines is 1. The highest BCUT2D eigenvalue weighted by atomic mass is 32.1. The van der Waals surface area contributed by atoms with Crippen molar-refractivity contribution in [2.45, 2.75) is 20.3 Å². The molecule has 0 aliphatic carbocycles. The Morgan fingerprint density at radius 2 is 2.19 bits per heavy atom. The summed E-state index contributed by atoms with van der Waals surface area (Å²) in [4.78, 5) is 15.3. The molecule has 0 amide bonds. The molecule has 0 saturated carbocycles. The van der Waals surface area contributed by atoms with Crippen molar-refractivity contribution in [3.8, 4) is 11.6 Å². The number of hydrogen-bond donors (Lipinski definition) is 1. The van der Waals surface area contributed by atoms with Crippen LogP contribution in [0.4, 0.5) is 5.95 Å². The Morgan fingerprint density at radius 3 is 2.90 bits per heavy atom. The van der Waals surface area contributed by atoms with Gasteiger partial charge in [0.15, 0.2) is 0 Å². The lowest BCUT2D eigenvalue weighted by Crippen LogP contribution is -2.02. The molecule has 0 radical (unpaired) electrons. The topological polar surface area (TPSA) is 59.9 Å². The average Bonchev–Trinajstić information content (AvgIpc) is 2.92. The zero-order valence-corrected chi connectivity index (χ0v) is 12.8. The second-order valence-electron chi connectivity index (χ2n) is 4.46. The molecule has 21 heavy (non-hydrogen) atoms. The first kappa shape index (κ1) is 13.8. The Morgan fingerprint density at radius 1 is 1.29 bits per heavy atom. The lowest BCUT2D eigenvalue weighted by molar-refractivity contribution is 0.467. The number of ether oxygens (including phenoxy) is 1. The Kier molecular flexibility index (Phi) is 3.96. The molecule has 0 spiro atoms. The molecule has 0 bridgehead atoms. The van der Waals surface area contributed by atoms with Crippen LogP contribution in [0.15, 0.2) is 30.6 Å². The molecule has 1 N–H and O–H groups in total. The van der Waals surface area contributed by atoms with Crippen LogP contribution in [-0.2, 0) is 6.42 Å². The molecule has 3 aromatic heterocycles. The Balaban J connectivity index is 2.07. The minimum atomic E-state index is 0.569. The van der Waals surface area contributed by atoms with Gasteiger partial charge < -0.3 is 10.1 Å². The third kappa shape index (κ3) is 2.95. The SMILES string of the molecule is CCNc1nc(Oc2cccnc2)c2cc(CC)sc2n1. The van der Waals surface area contributed by atoms with E-state index in [1.807, 2.05) is 19.1 Å². The highest BCUT2D eigenvalue weighted by Gasteiger charge is 2.13. The van der Waals surface area contributed by atoms with E-state index in [1.54, 1.807) is 23.7 Å². The fourth-order valence-corrected chi connectivity index (χ4v) is 2.91. The van der Waals surface area contributed by atoms with Gasteiger partial charge in [-0.05, 0) is 31.5 Å². The number of fused-ring (bicyclic) bond motifs is 1. The third-order valence-electron chi connectivity index (χ3n) is 2.94. The molecular weight excluding hydrogens is 284 g/mol. The largest absolute Gasteiger partial charge is 0.437 e. The van der Waals surface area contributed by atoms with Crippen LogP contribution in [0.1, 0.15) is 18.7 Å². The molecule has 3 heterocycles. The van der Waals surface area contributed by atoms with E-state index in [-0.39, 0.29) is 0 Å². The van der Waals surface area contributed by atoms with Gasteiger partial charge in [0.2, 0.25) is 11.8 Å². The molecule has 5 nitrogen and oxygen atoms in total. The van der Waals surface area contributed by atoms with Crippen LogP contribution in [0.5, 0.6) is 11.6 Å². The first-order chi connectivity index (χ1) is 10.3. The van der Waals surface area contributed by atoms with Crippen LogP contribution in [0.3, 0.4) is 0 Å². The fraction of sp³-hybridized carbons (Fsp3) is 0.267. The first-order valence-corrected chi connectivity index (χ1v) is 7.74. The summed E-state index contributed by atoms with van der Waals surface area (Å²) in [5.41, 5.74) is 0. The molecule has 0 unspecified atom stereocenters. The van der Waals surface area contributed by atoms with Crippen molar-refractivity contribution in [2.24, 2.45) is 0 Å². The summed E-state index contributed by atoms with van der Waals surface area (Å²) in [5, 5.41) is 4.09. The van der Waals surface area contributed by atoms with Gasteiger partial charge in [0.25, 0.3) is 0 Å². The van der Waals surface area contributed by atoms with Gasteiger partial charge >= 0.3 is 0 Å². The molecular formula is C15H16N4OS. The lowest BCUT2D eigenvalue weighted by atomic mass is 10.3. The van der Waals surface area contributed by atoms with Gasteiger partial charge in [-0.3, -0.25) is 4.98 Å². The summed E-state index contributed by atoms with van der Waals surface area (Å²) in [6.45, 7) is 4.91. The van der Waals surface area contributed by atoms with Gasteiger partial charge in [0.05, 0.1) is 11.6 Å². The van der Waals surface area contributed by atoms with Crippen molar-refractivity contribution in [1.82, 2.24) is 15.0 Å². The maximum atomic E-state index is 5.89. The quantitative estimate of drug-likeness (QED) is 0.775. The van der Waals surface area contributed by atoms with Gasteiger partial charge in [-0.2, -0.15) is 4.98 Å². The minimum Gasteiger partial charge on any atom is -0.437 e. The number of aryl methyl sites for hydroxylation is 1. The number of pyridine rings is 1. The van der Waals surface area contributed by atoms with Gasteiger partial charge in [-0.1, -0.05) is 6.92 Å². The van der Waals surface area contributed by atoms with E-state index in [0.29, 0.717) is 17.6 Å². The summed E-state index contributed by atoms with van der Waals surface area (Å²) >= 11 is 1.68. The van der Waals surface area contributed by atoms with Crippen molar-refractivity contribution >= 4 is 27.5 Å². The molecule has 0 aliphatic heterocycles. The van der Waals surface area contributed by atoms with Gasteiger partial charge in [0, 0.05) is 17.6 Å². The van der Waals surface area contributed by atoms with E-state index < -0.39 is 0 Å². The summed E-state index contributed by atoms with van der Waals surface area (Å²) in [6.07, 6.45) is 4.37. The fourth-order valence-electron chi connectivity index (χ4n) is 1.95. The van der Waals surface area contributed by atoms with Crippen molar-refractivity contribution < 1.29 is 4.74 Å². The zero-order valence-electron chi connectivity index (χ0n) is 12.0. The molecule has 3 aromatic rings. The number of thiophene rings is 1. The molecule has 0 atom stereocenters. The van der Waals surface area contributed by atoms with Crippen LogP contribution in [0.2, 0.25) is 0 Å². The Bertz CT molecular complexity index is 742. The molecule has 3 rings (SSSR count). The maximum Gasteiger partial charge on any atom is 0.232 e. The summed E-state index contributed by atoms with van der Waals surface area (Å²) < 4.78 is 5.89. The standard InChI is InChI=1S/C15H16N4OS/c1-3-11-8-12-13(20-10-6-5-7-16-9-10)18-15(17-4-2)19-14(12)21-11/h5-9H,3-4H2,1-2H3,(H,17,18,19). The highest BCUT2D eigenvalue weighted by molar-refractivity contribution is 7.18. The third-order valence-corrected chi connectivity index (χ3v) is 4.11. The molecule has 0 aromatic carbocycles. The summed E-state index contributed by atoms with van der Waals surface area (Å²) in [7, 11) is 0. The first-order valence-electron chi connectivity index (χ1n) is 6.92. The molecule has 0 saturated heterocycles. The zero-order chi connectivity index (χ0) is 14.7. The van der Waals surface area contributed by atoms with Crippen molar-refractivity contribution in [3.05, 3.63) is 35.5 Å². The second kappa shape index (κ2) is 6.05. The van der Waals surface area contributed by atoms with Crippen molar-refractivity contribution in [1.29, 1.82) is 0 Å². The Hall–Kier alpha value is -2.21. The molecule has 0 aliphatic rings. The van der Waals surface area contributed by atoms with E-state index in [2.05, 4.69) is 33.3 Å². The number of nitrogens with zero attached hydrogens (tertiary/aromatic N) is 3. The van der Waals surface area contributed by atoms with Gasteiger partial charge in [-0.15, -0.1) is 11.3 Å². The van der Waals surface area contributed by atoms with E-state index >= 15 is 0 Å². The minimum absolute atomic E-state index is 0.569. The van der Waals surface area contributed by atoms with E-state index in [9.17, 15) is 0 Å². The Labute approximate surface area is 127 Å². The second-order valence-corrected chi connectivity index (χ2v) is 5.57. The van der Waals surface area contributed by atoms with Gasteiger partial charge in [-0.25, -0.2) is 4.98 Å². The van der Waals surface area contributed by atoms with Crippen molar-refractivity contribution in [2.75, 3.05) is 11.9 Å². The van der Waals surface area contributed by atoms with E-state index in [1.165, 1.54) is 4.88 Å². The normalized spacial score (nSPS) is 10.8. The summed E-state index contributed by atoms with van der Waals surface area (Å²) in [6, 6.07) is 5.80. The molecule has 108 valence electrons.